The summed E-state index contributed by atoms with van der Waals surface area (Å²) in [6, 6.07) is 17.1. The van der Waals surface area contributed by atoms with Crippen LogP contribution in [0.25, 0.3) is 0 Å². The Morgan fingerprint density at radius 1 is 1.27 bits per heavy atom. The molecule has 2 aromatic rings. The molecule has 2 aromatic carbocycles. The van der Waals surface area contributed by atoms with E-state index in [9.17, 15) is 13.7 Å². The second kappa shape index (κ2) is 8.00. The first-order valence-corrected chi connectivity index (χ1v) is 11.6. The number of nitrogens with one attached hydrogen (secondary N) is 1. The second-order valence-electron chi connectivity index (χ2n) is 8.10. The molecule has 0 saturated carbocycles. The molecule has 7 nitrogen and oxygen atoms in total. The van der Waals surface area contributed by atoms with Gasteiger partial charge in [-0.05, 0) is 36.6 Å². The van der Waals surface area contributed by atoms with Gasteiger partial charge in [0.2, 0.25) is 10.0 Å². The normalized spacial score (nSPS) is 26.7. The van der Waals surface area contributed by atoms with Gasteiger partial charge in [0.15, 0.2) is 0 Å². The van der Waals surface area contributed by atoms with Gasteiger partial charge in [-0.2, -0.15) is 5.26 Å². The Morgan fingerprint density at radius 3 is 2.73 bits per heavy atom. The predicted octanol–water partition coefficient (Wildman–Crippen LogP) is 1.96. The summed E-state index contributed by atoms with van der Waals surface area (Å²) in [5.74, 6) is 0.215. The summed E-state index contributed by atoms with van der Waals surface area (Å²) in [7, 11) is -3.95. The molecule has 0 bridgehead atoms. The quantitative estimate of drug-likeness (QED) is 0.757. The number of para-hydroxylation sites is 1. The fraction of sp³-hybridized carbons (Fsp3) is 0.409. The van der Waals surface area contributed by atoms with Gasteiger partial charge >= 0.3 is 0 Å². The Labute approximate surface area is 177 Å². The highest BCUT2D eigenvalue weighted by Crippen LogP contribution is 2.48. The van der Waals surface area contributed by atoms with Gasteiger partial charge in [-0.15, -0.1) is 0 Å². The SMILES string of the molecule is C[C@@H]1CN([C@]2(CC#N)Cc3ccccc3[C@@H]2Oc2ccccc2S(N)(=O)=O)CCN1. The number of hydrogen-bond acceptors (Lipinski definition) is 6. The van der Waals surface area contributed by atoms with Gasteiger partial charge in [0.1, 0.15) is 16.7 Å². The second-order valence-corrected chi connectivity index (χ2v) is 9.63. The minimum atomic E-state index is -3.95. The molecular formula is C22H26N4O3S. The van der Waals surface area contributed by atoms with Gasteiger partial charge in [0, 0.05) is 25.7 Å². The molecule has 1 aliphatic carbocycles. The van der Waals surface area contributed by atoms with Crippen LogP contribution in [0.15, 0.2) is 53.4 Å². The van der Waals surface area contributed by atoms with Gasteiger partial charge in [-0.3, -0.25) is 4.90 Å². The van der Waals surface area contributed by atoms with Crippen molar-refractivity contribution in [3.05, 3.63) is 59.7 Å². The molecule has 3 atom stereocenters. The highest BCUT2D eigenvalue weighted by atomic mass is 32.2. The third-order valence-electron chi connectivity index (χ3n) is 6.11. The van der Waals surface area contributed by atoms with Crippen molar-refractivity contribution in [1.82, 2.24) is 10.2 Å². The lowest BCUT2D eigenvalue weighted by molar-refractivity contribution is -0.0213. The summed E-state index contributed by atoms with van der Waals surface area (Å²) in [6.07, 6.45) is 0.462. The Kier molecular flexibility index (Phi) is 5.55. The van der Waals surface area contributed by atoms with Gasteiger partial charge in [0.05, 0.1) is 18.0 Å². The topological polar surface area (TPSA) is 108 Å². The molecule has 0 radical (unpaired) electrons. The van der Waals surface area contributed by atoms with Gasteiger partial charge in [-0.1, -0.05) is 36.4 Å². The number of piperazine rings is 1. The number of primary sulfonamides is 1. The summed E-state index contributed by atoms with van der Waals surface area (Å²) in [5, 5.41) is 18.7. The molecular weight excluding hydrogens is 400 g/mol. The number of nitriles is 1. The maximum atomic E-state index is 12.1. The molecule has 3 N–H and O–H groups in total. The Balaban J connectivity index is 1.82. The average molecular weight is 427 g/mol. The van der Waals surface area contributed by atoms with Crippen LogP contribution in [0.4, 0.5) is 0 Å². The van der Waals surface area contributed by atoms with Gasteiger partial charge in [0.25, 0.3) is 0 Å². The van der Waals surface area contributed by atoms with Crippen LogP contribution in [-0.2, 0) is 16.4 Å². The number of nitrogens with zero attached hydrogens (tertiary/aromatic N) is 2. The van der Waals surface area contributed by atoms with E-state index < -0.39 is 21.7 Å². The summed E-state index contributed by atoms with van der Waals surface area (Å²) in [4.78, 5) is 2.29. The summed E-state index contributed by atoms with van der Waals surface area (Å²) >= 11 is 0. The number of nitrogens with two attached hydrogens (primary N) is 1. The lowest BCUT2D eigenvalue weighted by Crippen LogP contribution is -2.61. The largest absolute Gasteiger partial charge is 0.482 e. The zero-order chi connectivity index (χ0) is 21.4. The maximum Gasteiger partial charge on any atom is 0.241 e. The molecule has 0 aromatic heterocycles. The third-order valence-corrected chi connectivity index (χ3v) is 7.06. The van der Waals surface area contributed by atoms with E-state index >= 15 is 0 Å². The molecule has 8 heteroatoms. The molecule has 4 rings (SSSR count). The van der Waals surface area contributed by atoms with Crippen molar-refractivity contribution < 1.29 is 13.2 Å². The van der Waals surface area contributed by atoms with Crippen LogP contribution in [0.3, 0.4) is 0 Å². The predicted molar refractivity (Wildman–Crippen MR) is 113 cm³/mol. The van der Waals surface area contributed by atoms with Crippen LogP contribution >= 0.6 is 0 Å². The standard InChI is InChI=1S/C22H26N4O3S/c1-16-15-26(13-12-25-16)22(10-11-23)14-17-6-2-3-7-18(17)21(22)29-19-8-4-5-9-20(19)30(24,27)28/h2-9,16,21,25H,10,12-15H2,1H3,(H2,24,27,28)/t16-,21+,22-/m1/s1. The molecule has 1 heterocycles. The van der Waals surface area contributed by atoms with Crippen molar-refractivity contribution in [2.75, 3.05) is 19.6 Å². The molecule has 0 spiro atoms. The summed E-state index contributed by atoms with van der Waals surface area (Å²) in [5.41, 5.74) is 1.53. The van der Waals surface area contributed by atoms with Crippen LogP contribution in [0.2, 0.25) is 0 Å². The number of ether oxygens (including phenoxy) is 1. The Morgan fingerprint density at radius 2 is 2.00 bits per heavy atom. The maximum absolute atomic E-state index is 12.1. The highest BCUT2D eigenvalue weighted by molar-refractivity contribution is 7.89. The van der Waals surface area contributed by atoms with Crippen LogP contribution in [-0.4, -0.2) is 44.5 Å². The fourth-order valence-electron chi connectivity index (χ4n) is 4.76. The molecule has 30 heavy (non-hydrogen) atoms. The highest BCUT2D eigenvalue weighted by Gasteiger charge is 2.52. The van der Waals surface area contributed by atoms with Crippen LogP contribution in [0.1, 0.15) is 30.6 Å². The van der Waals surface area contributed by atoms with E-state index in [1.165, 1.54) is 6.07 Å². The first kappa shape index (κ1) is 20.8. The van der Waals surface area contributed by atoms with Crippen LogP contribution in [0, 0.1) is 11.3 Å². The monoisotopic (exact) mass is 426 g/mol. The number of rotatable bonds is 5. The first-order valence-electron chi connectivity index (χ1n) is 10.1. The first-order chi connectivity index (χ1) is 14.3. The van der Waals surface area contributed by atoms with Crippen molar-refractivity contribution in [2.45, 2.75) is 42.3 Å². The Bertz CT molecular complexity index is 1080. The molecule has 0 amide bonds. The van der Waals surface area contributed by atoms with E-state index in [0.717, 1.165) is 30.8 Å². The van der Waals surface area contributed by atoms with Crippen molar-refractivity contribution in [3.63, 3.8) is 0 Å². The van der Waals surface area contributed by atoms with E-state index in [-0.39, 0.29) is 23.1 Å². The molecule has 2 aliphatic rings. The zero-order valence-corrected chi connectivity index (χ0v) is 17.7. The summed E-state index contributed by atoms with van der Waals surface area (Å²) < 4.78 is 30.7. The van der Waals surface area contributed by atoms with Crippen LogP contribution < -0.4 is 15.2 Å². The number of benzene rings is 2. The molecule has 1 saturated heterocycles. The van der Waals surface area contributed by atoms with E-state index in [4.69, 9.17) is 9.88 Å². The lowest BCUT2D eigenvalue weighted by atomic mass is 9.86. The van der Waals surface area contributed by atoms with Crippen molar-refractivity contribution in [2.24, 2.45) is 5.14 Å². The van der Waals surface area contributed by atoms with E-state index in [0.29, 0.717) is 6.42 Å². The number of hydrogen-bond donors (Lipinski definition) is 2. The van der Waals surface area contributed by atoms with Crippen molar-refractivity contribution >= 4 is 10.0 Å². The van der Waals surface area contributed by atoms with Crippen LogP contribution in [0.5, 0.6) is 5.75 Å². The molecule has 158 valence electrons. The zero-order valence-electron chi connectivity index (χ0n) is 16.9. The summed E-state index contributed by atoms with van der Waals surface area (Å²) in [6.45, 7) is 4.52. The molecule has 0 unspecified atom stereocenters. The van der Waals surface area contributed by atoms with E-state index in [2.05, 4.69) is 29.3 Å². The number of sulfonamides is 1. The fourth-order valence-corrected chi connectivity index (χ4v) is 5.43. The van der Waals surface area contributed by atoms with E-state index in [1.807, 2.05) is 18.2 Å². The smallest absolute Gasteiger partial charge is 0.241 e. The van der Waals surface area contributed by atoms with Crippen molar-refractivity contribution in [1.29, 1.82) is 5.26 Å². The molecule has 1 aliphatic heterocycles. The van der Waals surface area contributed by atoms with E-state index in [1.54, 1.807) is 18.2 Å². The molecule has 1 fully saturated rings. The lowest BCUT2D eigenvalue weighted by Gasteiger charge is -2.47. The minimum Gasteiger partial charge on any atom is -0.482 e. The minimum absolute atomic E-state index is 0.0473. The van der Waals surface area contributed by atoms with Crippen molar-refractivity contribution in [3.8, 4) is 11.8 Å². The Hall–Kier alpha value is -2.44. The third kappa shape index (κ3) is 3.70. The average Bonchev–Trinajstić information content (AvgIpc) is 3.02. The van der Waals surface area contributed by atoms with Gasteiger partial charge < -0.3 is 10.1 Å². The number of fused-ring (bicyclic) bond motifs is 1. The van der Waals surface area contributed by atoms with Gasteiger partial charge in [-0.25, -0.2) is 13.6 Å².